The van der Waals surface area contributed by atoms with E-state index in [1.807, 2.05) is 24.3 Å². The minimum atomic E-state index is -3.68. The van der Waals surface area contributed by atoms with Crippen molar-refractivity contribution in [2.45, 2.75) is 37.6 Å². The Bertz CT molecular complexity index is 1060. The third kappa shape index (κ3) is 4.89. The van der Waals surface area contributed by atoms with Crippen LogP contribution in [0.4, 0.5) is 0 Å². The molecule has 0 saturated carbocycles. The smallest absolute Gasteiger partial charge is 0.260 e. The molecule has 2 heterocycles. The Labute approximate surface area is 188 Å². The molecule has 31 heavy (non-hydrogen) atoms. The van der Waals surface area contributed by atoms with Crippen LogP contribution in [-0.2, 0) is 27.8 Å². The van der Waals surface area contributed by atoms with E-state index in [1.54, 1.807) is 4.90 Å². The predicted octanol–water partition coefficient (Wildman–Crippen LogP) is 3.72. The molecule has 1 fully saturated rings. The highest BCUT2D eigenvalue weighted by Gasteiger charge is 2.29. The first-order valence-corrected chi connectivity index (χ1v) is 12.4. The van der Waals surface area contributed by atoms with E-state index >= 15 is 0 Å². The SMILES string of the molecule is CC1CCN(C(=O)COc2ccc(S(=O)(=O)N3CCc4ccccc4C3)cc2Cl)CC1. The van der Waals surface area contributed by atoms with Crippen molar-refractivity contribution < 1.29 is 17.9 Å². The lowest BCUT2D eigenvalue weighted by Crippen LogP contribution is -2.40. The topological polar surface area (TPSA) is 66.9 Å². The number of hydrogen-bond acceptors (Lipinski definition) is 4. The van der Waals surface area contributed by atoms with Crippen LogP contribution in [0.5, 0.6) is 5.75 Å². The quantitative estimate of drug-likeness (QED) is 0.679. The van der Waals surface area contributed by atoms with Gasteiger partial charge in [0.05, 0.1) is 9.92 Å². The number of halogens is 1. The fraction of sp³-hybridized carbons (Fsp3) is 0.435. The summed E-state index contributed by atoms with van der Waals surface area (Å²) >= 11 is 6.31. The number of amides is 1. The first kappa shape index (κ1) is 22.1. The minimum absolute atomic E-state index is 0.0772. The average Bonchev–Trinajstić information content (AvgIpc) is 2.78. The Morgan fingerprint density at radius 2 is 1.81 bits per heavy atom. The highest BCUT2D eigenvalue weighted by molar-refractivity contribution is 7.89. The van der Waals surface area contributed by atoms with E-state index in [-0.39, 0.29) is 22.4 Å². The van der Waals surface area contributed by atoms with Crippen molar-refractivity contribution in [3.05, 3.63) is 58.6 Å². The molecule has 2 aromatic rings. The fourth-order valence-corrected chi connectivity index (χ4v) is 5.82. The summed E-state index contributed by atoms with van der Waals surface area (Å²) in [5.41, 5.74) is 2.21. The van der Waals surface area contributed by atoms with Gasteiger partial charge < -0.3 is 9.64 Å². The lowest BCUT2D eigenvalue weighted by molar-refractivity contribution is -0.134. The molecule has 0 bridgehead atoms. The van der Waals surface area contributed by atoms with Gasteiger partial charge in [-0.1, -0.05) is 42.8 Å². The molecular weight excluding hydrogens is 436 g/mol. The van der Waals surface area contributed by atoms with Crippen LogP contribution >= 0.6 is 11.6 Å². The number of fused-ring (bicyclic) bond motifs is 1. The number of carbonyl (C=O) groups excluding carboxylic acids is 1. The number of carbonyl (C=O) groups is 1. The molecular formula is C23H27ClN2O4S. The summed E-state index contributed by atoms with van der Waals surface area (Å²) in [6.45, 7) is 4.34. The van der Waals surface area contributed by atoms with Gasteiger partial charge in [-0.15, -0.1) is 0 Å². The second kappa shape index (κ2) is 9.18. The van der Waals surface area contributed by atoms with Crippen LogP contribution in [0, 0.1) is 5.92 Å². The van der Waals surface area contributed by atoms with Crippen molar-refractivity contribution in [1.29, 1.82) is 0 Å². The molecule has 2 aliphatic rings. The molecule has 1 saturated heterocycles. The van der Waals surface area contributed by atoms with E-state index in [0.717, 1.165) is 31.5 Å². The molecule has 2 aromatic carbocycles. The van der Waals surface area contributed by atoms with Crippen LogP contribution in [-0.4, -0.2) is 49.8 Å². The highest BCUT2D eigenvalue weighted by atomic mass is 35.5. The van der Waals surface area contributed by atoms with Crippen LogP contribution in [0.1, 0.15) is 30.9 Å². The molecule has 0 aromatic heterocycles. The molecule has 6 nitrogen and oxygen atoms in total. The van der Waals surface area contributed by atoms with Gasteiger partial charge in [-0.25, -0.2) is 8.42 Å². The molecule has 0 N–H and O–H groups in total. The summed E-state index contributed by atoms with van der Waals surface area (Å²) in [5, 5.41) is 0.179. The van der Waals surface area contributed by atoms with Crippen LogP contribution in [0.25, 0.3) is 0 Å². The number of rotatable bonds is 5. The van der Waals surface area contributed by atoms with Gasteiger partial charge in [-0.05, 0) is 54.5 Å². The Hall–Kier alpha value is -2.09. The summed E-state index contributed by atoms with van der Waals surface area (Å²) in [7, 11) is -3.68. The lowest BCUT2D eigenvalue weighted by Gasteiger charge is -2.30. The molecule has 166 valence electrons. The number of likely N-dealkylation sites (tertiary alicyclic amines) is 1. The molecule has 0 spiro atoms. The second-order valence-electron chi connectivity index (χ2n) is 8.30. The zero-order chi connectivity index (χ0) is 22.0. The van der Waals surface area contributed by atoms with Gasteiger partial charge in [0.25, 0.3) is 5.91 Å². The van der Waals surface area contributed by atoms with E-state index in [1.165, 1.54) is 28.1 Å². The molecule has 4 rings (SSSR count). The maximum absolute atomic E-state index is 13.1. The van der Waals surface area contributed by atoms with Crippen LogP contribution in [0.3, 0.4) is 0 Å². The lowest BCUT2D eigenvalue weighted by atomic mass is 9.99. The van der Waals surface area contributed by atoms with Crippen LogP contribution < -0.4 is 4.74 Å². The summed E-state index contributed by atoms with van der Waals surface area (Å²) in [6.07, 6.45) is 2.68. The molecule has 0 radical (unpaired) electrons. The summed E-state index contributed by atoms with van der Waals surface area (Å²) in [4.78, 5) is 14.3. The monoisotopic (exact) mass is 462 g/mol. The largest absolute Gasteiger partial charge is 0.482 e. The van der Waals surface area contributed by atoms with Crippen LogP contribution in [0.15, 0.2) is 47.4 Å². The van der Waals surface area contributed by atoms with Crippen molar-refractivity contribution in [2.24, 2.45) is 5.92 Å². The normalized spacial score (nSPS) is 17.9. The fourth-order valence-electron chi connectivity index (χ4n) is 4.07. The van der Waals surface area contributed by atoms with Gasteiger partial charge >= 0.3 is 0 Å². The first-order chi connectivity index (χ1) is 14.8. The maximum atomic E-state index is 13.1. The Morgan fingerprint density at radius 3 is 2.52 bits per heavy atom. The van der Waals surface area contributed by atoms with Gasteiger partial charge in [0.15, 0.2) is 6.61 Å². The van der Waals surface area contributed by atoms with E-state index in [9.17, 15) is 13.2 Å². The number of piperidine rings is 1. The van der Waals surface area contributed by atoms with Gasteiger partial charge in [0.2, 0.25) is 10.0 Å². The molecule has 1 amide bonds. The van der Waals surface area contributed by atoms with E-state index in [4.69, 9.17) is 16.3 Å². The van der Waals surface area contributed by atoms with Crippen LogP contribution in [0.2, 0.25) is 5.02 Å². The minimum Gasteiger partial charge on any atom is -0.482 e. The van der Waals surface area contributed by atoms with Gasteiger partial charge in [0, 0.05) is 26.2 Å². The Balaban J connectivity index is 1.42. The maximum Gasteiger partial charge on any atom is 0.260 e. The zero-order valence-corrected chi connectivity index (χ0v) is 19.2. The van der Waals surface area contributed by atoms with Gasteiger partial charge in [-0.2, -0.15) is 4.31 Å². The molecule has 8 heteroatoms. The van der Waals surface area contributed by atoms with E-state index in [0.29, 0.717) is 31.2 Å². The van der Waals surface area contributed by atoms with Gasteiger partial charge in [0.1, 0.15) is 5.75 Å². The highest BCUT2D eigenvalue weighted by Crippen LogP contribution is 2.31. The van der Waals surface area contributed by atoms with Crippen molar-refractivity contribution in [3.63, 3.8) is 0 Å². The number of hydrogen-bond donors (Lipinski definition) is 0. The van der Waals surface area contributed by atoms with E-state index in [2.05, 4.69) is 6.92 Å². The molecule has 0 atom stereocenters. The molecule has 2 aliphatic heterocycles. The Morgan fingerprint density at radius 1 is 1.10 bits per heavy atom. The van der Waals surface area contributed by atoms with Crippen molar-refractivity contribution in [2.75, 3.05) is 26.2 Å². The number of ether oxygens (including phenoxy) is 1. The summed E-state index contributed by atoms with van der Waals surface area (Å²) < 4.78 is 33.3. The average molecular weight is 463 g/mol. The molecule has 0 aliphatic carbocycles. The Kier molecular flexibility index (Phi) is 6.55. The first-order valence-electron chi connectivity index (χ1n) is 10.6. The number of benzene rings is 2. The zero-order valence-electron chi connectivity index (χ0n) is 17.6. The summed E-state index contributed by atoms with van der Waals surface area (Å²) in [5.74, 6) is 0.872. The van der Waals surface area contributed by atoms with Gasteiger partial charge in [-0.3, -0.25) is 4.79 Å². The standard InChI is InChI=1S/C23H27ClN2O4S/c1-17-8-11-25(12-9-17)23(27)16-30-22-7-6-20(14-21(22)24)31(28,29)26-13-10-18-4-2-3-5-19(18)15-26/h2-7,14,17H,8-13,15-16H2,1H3. The van der Waals surface area contributed by atoms with Crippen molar-refractivity contribution >= 4 is 27.5 Å². The van der Waals surface area contributed by atoms with E-state index < -0.39 is 10.0 Å². The number of sulfonamides is 1. The molecule has 0 unspecified atom stereocenters. The number of nitrogens with zero attached hydrogens (tertiary/aromatic N) is 2. The summed E-state index contributed by atoms with van der Waals surface area (Å²) in [6, 6.07) is 12.3. The van der Waals surface area contributed by atoms with Crippen molar-refractivity contribution in [3.8, 4) is 5.75 Å². The van der Waals surface area contributed by atoms with Crippen molar-refractivity contribution in [1.82, 2.24) is 9.21 Å². The third-order valence-corrected chi connectivity index (χ3v) is 8.26. The predicted molar refractivity (Wildman–Crippen MR) is 120 cm³/mol. The third-order valence-electron chi connectivity index (χ3n) is 6.12. The second-order valence-corrected chi connectivity index (χ2v) is 10.6.